The van der Waals surface area contributed by atoms with Crippen LogP contribution in [0.25, 0.3) is 0 Å². The highest BCUT2D eigenvalue weighted by Crippen LogP contribution is 2.40. The van der Waals surface area contributed by atoms with Crippen molar-refractivity contribution < 1.29 is 26.3 Å². The Morgan fingerprint density at radius 1 is 1.00 bits per heavy atom. The molecule has 140 valence electrons. The van der Waals surface area contributed by atoms with Crippen LogP contribution in [0.4, 0.5) is 43.8 Å². The van der Waals surface area contributed by atoms with Gasteiger partial charge < -0.3 is 10.6 Å². The summed E-state index contributed by atoms with van der Waals surface area (Å²) in [5.74, 6) is -0.764. The third-order valence-corrected chi connectivity index (χ3v) is 3.81. The zero-order valence-corrected chi connectivity index (χ0v) is 13.6. The van der Waals surface area contributed by atoms with Crippen molar-refractivity contribution in [1.29, 1.82) is 0 Å². The molecule has 1 saturated carbocycles. The first-order valence-corrected chi connectivity index (χ1v) is 7.77. The maximum Gasteiger partial charge on any atom is 0.433 e. The Kier molecular flexibility index (Phi) is 4.63. The van der Waals surface area contributed by atoms with E-state index in [9.17, 15) is 26.3 Å². The highest BCUT2D eigenvalue weighted by atomic mass is 35.5. The standard InChI is InChI=1S/C15H11ClF6N4/c16-9-3-1-2-8(14(17,18)19)12(9)25-11-6-10(15(20,21)22)24-13(26-11)23-7-4-5-7/h1-3,6-7H,4-5H2,(H2,23,24,25,26). The van der Waals surface area contributed by atoms with Gasteiger partial charge in [0, 0.05) is 12.1 Å². The van der Waals surface area contributed by atoms with Crippen LogP contribution in [0.15, 0.2) is 24.3 Å². The van der Waals surface area contributed by atoms with E-state index in [4.69, 9.17) is 11.6 Å². The van der Waals surface area contributed by atoms with Crippen LogP contribution < -0.4 is 10.6 Å². The summed E-state index contributed by atoms with van der Waals surface area (Å²) in [7, 11) is 0. The summed E-state index contributed by atoms with van der Waals surface area (Å²) in [5.41, 5.74) is -2.97. The number of para-hydroxylation sites is 1. The van der Waals surface area contributed by atoms with Crippen molar-refractivity contribution >= 4 is 29.1 Å². The predicted molar refractivity (Wildman–Crippen MR) is 83.4 cm³/mol. The van der Waals surface area contributed by atoms with Crippen molar-refractivity contribution in [3.05, 3.63) is 40.5 Å². The number of halogens is 7. The molecule has 1 aromatic heterocycles. The Morgan fingerprint density at radius 3 is 2.27 bits per heavy atom. The Morgan fingerprint density at radius 2 is 1.69 bits per heavy atom. The molecule has 3 rings (SSSR count). The second-order valence-electron chi connectivity index (χ2n) is 5.66. The zero-order chi connectivity index (χ0) is 19.1. The van der Waals surface area contributed by atoms with Crippen LogP contribution in [0.5, 0.6) is 0 Å². The Labute approximate surface area is 148 Å². The fourth-order valence-corrected chi connectivity index (χ4v) is 2.37. The monoisotopic (exact) mass is 396 g/mol. The number of rotatable bonds is 4. The lowest BCUT2D eigenvalue weighted by atomic mass is 10.1. The van der Waals surface area contributed by atoms with Crippen LogP contribution >= 0.6 is 11.6 Å². The summed E-state index contributed by atoms with van der Waals surface area (Å²) in [5, 5.41) is 4.65. The Bertz CT molecular complexity index is 817. The average Bonchev–Trinajstić information content (AvgIpc) is 3.31. The topological polar surface area (TPSA) is 49.8 Å². The molecule has 0 atom stereocenters. The minimum absolute atomic E-state index is 0.0441. The quantitative estimate of drug-likeness (QED) is 0.671. The van der Waals surface area contributed by atoms with Crippen molar-refractivity contribution in [3.8, 4) is 0 Å². The van der Waals surface area contributed by atoms with E-state index in [2.05, 4.69) is 20.6 Å². The van der Waals surface area contributed by atoms with Gasteiger partial charge in [-0.2, -0.15) is 31.3 Å². The smallest absolute Gasteiger partial charge is 0.351 e. The maximum absolute atomic E-state index is 13.1. The third kappa shape index (κ3) is 4.29. The molecule has 0 spiro atoms. The van der Waals surface area contributed by atoms with Crippen molar-refractivity contribution in [2.45, 2.75) is 31.2 Å². The van der Waals surface area contributed by atoms with Crippen LogP contribution in [-0.2, 0) is 12.4 Å². The second kappa shape index (κ2) is 6.49. The van der Waals surface area contributed by atoms with Crippen LogP contribution in [0.1, 0.15) is 24.1 Å². The van der Waals surface area contributed by atoms with E-state index in [1.165, 1.54) is 6.07 Å². The summed E-state index contributed by atoms with van der Waals surface area (Å²) in [4.78, 5) is 7.20. The molecular weight excluding hydrogens is 386 g/mol. The van der Waals surface area contributed by atoms with Crippen LogP contribution in [-0.4, -0.2) is 16.0 Å². The summed E-state index contributed by atoms with van der Waals surface area (Å²) >= 11 is 5.81. The van der Waals surface area contributed by atoms with E-state index in [-0.39, 0.29) is 17.0 Å². The molecule has 11 heteroatoms. The Hall–Kier alpha value is -2.23. The first-order valence-electron chi connectivity index (χ1n) is 7.39. The third-order valence-electron chi connectivity index (χ3n) is 3.50. The van der Waals surface area contributed by atoms with Gasteiger partial charge in [-0.05, 0) is 25.0 Å². The highest BCUT2D eigenvalue weighted by Gasteiger charge is 2.36. The lowest BCUT2D eigenvalue weighted by Crippen LogP contribution is -2.15. The largest absolute Gasteiger partial charge is 0.433 e. The molecule has 1 heterocycles. The van der Waals surface area contributed by atoms with Gasteiger partial charge in [-0.15, -0.1) is 0 Å². The van der Waals surface area contributed by atoms with Crippen molar-refractivity contribution in [3.63, 3.8) is 0 Å². The van der Waals surface area contributed by atoms with Gasteiger partial charge in [-0.1, -0.05) is 17.7 Å². The van der Waals surface area contributed by atoms with E-state index in [1.54, 1.807) is 0 Å². The molecular formula is C15H11ClF6N4. The molecule has 1 aliphatic rings. The molecule has 0 bridgehead atoms. The molecule has 1 fully saturated rings. The van der Waals surface area contributed by atoms with Gasteiger partial charge in [0.1, 0.15) is 5.82 Å². The molecule has 2 aromatic rings. The first-order chi connectivity index (χ1) is 12.0. The van der Waals surface area contributed by atoms with Crippen molar-refractivity contribution in [2.24, 2.45) is 0 Å². The minimum Gasteiger partial charge on any atom is -0.351 e. The van der Waals surface area contributed by atoms with Crippen molar-refractivity contribution in [2.75, 3.05) is 10.6 Å². The molecule has 1 aliphatic carbocycles. The number of alkyl halides is 6. The van der Waals surface area contributed by atoms with E-state index < -0.39 is 35.1 Å². The number of nitrogens with zero attached hydrogens (tertiary/aromatic N) is 2. The molecule has 2 N–H and O–H groups in total. The van der Waals surface area contributed by atoms with Crippen molar-refractivity contribution in [1.82, 2.24) is 9.97 Å². The van der Waals surface area contributed by atoms with Crippen LogP contribution in [0.3, 0.4) is 0 Å². The second-order valence-corrected chi connectivity index (χ2v) is 6.07. The van der Waals surface area contributed by atoms with Gasteiger partial charge in [0.05, 0.1) is 16.3 Å². The minimum atomic E-state index is -4.79. The van der Waals surface area contributed by atoms with E-state index >= 15 is 0 Å². The molecule has 0 saturated heterocycles. The van der Waals surface area contributed by atoms with Crippen LogP contribution in [0.2, 0.25) is 5.02 Å². The van der Waals surface area contributed by atoms with E-state index in [0.29, 0.717) is 6.07 Å². The fourth-order valence-electron chi connectivity index (χ4n) is 2.15. The maximum atomic E-state index is 13.1. The number of aromatic nitrogens is 2. The molecule has 0 radical (unpaired) electrons. The van der Waals surface area contributed by atoms with E-state index in [1.807, 2.05) is 0 Å². The molecule has 0 unspecified atom stereocenters. The van der Waals surface area contributed by atoms with Gasteiger partial charge in [-0.3, -0.25) is 0 Å². The van der Waals surface area contributed by atoms with Crippen LogP contribution in [0, 0.1) is 0 Å². The van der Waals surface area contributed by atoms with Gasteiger partial charge in [-0.25, -0.2) is 4.98 Å². The number of benzene rings is 1. The zero-order valence-electron chi connectivity index (χ0n) is 12.8. The summed E-state index contributed by atoms with van der Waals surface area (Å²) in [6.07, 6.45) is -8.02. The number of hydrogen-bond acceptors (Lipinski definition) is 4. The number of anilines is 3. The molecule has 4 nitrogen and oxygen atoms in total. The number of nitrogens with one attached hydrogen (secondary N) is 2. The molecule has 0 aliphatic heterocycles. The molecule has 1 aromatic carbocycles. The predicted octanol–water partition coefficient (Wildman–Crippen LogP) is 5.49. The summed E-state index contributed by atoms with van der Waals surface area (Å²) < 4.78 is 78.5. The first kappa shape index (κ1) is 18.6. The highest BCUT2D eigenvalue weighted by molar-refractivity contribution is 6.33. The molecule has 26 heavy (non-hydrogen) atoms. The Balaban J connectivity index is 2.02. The summed E-state index contributed by atoms with van der Waals surface area (Å²) in [6.45, 7) is 0. The molecule has 0 amide bonds. The fraction of sp³-hybridized carbons (Fsp3) is 0.333. The SMILES string of the molecule is FC(F)(F)c1cc(Nc2c(Cl)cccc2C(F)(F)F)nc(NC2CC2)n1. The lowest BCUT2D eigenvalue weighted by Gasteiger charge is -2.17. The normalized spacial score (nSPS) is 15.0. The number of hydrogen-bond donors (Lipinski definition) is 2. The van der Waals surface area contributed by atoms with Gasteiger partial charge in [0.2, 0.25) is 5.95 Å². The van der Waals surface area contributed by atoms with E-state index in [0.717, 1.165) is 25.0 Å². The average molecular weight is 397 g/mol. The van der Waals surface area contributed by atoms with Gasteiger partial charge in [0.25, 0.3) is 0 Å². The van der Waals surface area contributed by atoms with Gasteiger partial charge in [0.15, 0.2) is 5.69 Å². The summed E-state index contributed by atoms with van der Waals surface area (Å²) in [6, 6.07) is 3.54. The van der Waals surface area contributed by atoms with Gasteiger partial charge >= 0.3 is 12.4 Å². The lowest BCUT2D eigenvalue weighted by molar-refractivity contribution is -0.141.